The maximum Gasteiger partial charge on any atom is 0.225 e. The fourth-order valence-electron chi connectivity index (χ4n) is 3.84. The Morgan fingerprint density at radius 3 is 2.81 bits per heavy atom. The van der Waals surface area contributed by atoms with Gasteiger partial charge in [0.1, 0.15) is 17.5 Å². The van der Waals surface area contributed by atoms with Crippen LogP contribution in [0.3, 0.4) is 0 Å². The van der Waals surface area contributed by atoms with Crippen LogP contribution in [0.5, 0.6) is 0 Å². The zero-order valence-electron chi connectivity index (χ0n) is 17.8. The number of piperidine rings is 1. The molecule has 0 bridgehead atoms. The number of hydrogen-bond acceptors (Lipinski definition) is 5. The molecule has 1 amide bonds. The van der Waals surface area contributed by atoms with E-state index in [1.807, 2.05) is 36.9 Å². The molecule has 0 spiro atoms. The molecular weight excluding hydrogens is 393 g/mol. The quantitative estimate of drug-likeness (QED) is 0.644. The van der Waals surface area contributed by atoms with Crippen LogP contribution in [0.2, 0.25) is 0 Å². The Balaban J connectivity index is 1.68. The second-order valence-corrected chi connectivity index (χ2v) is 8.15. The van der Waals surface area contributed by atoms with E-state index >= 15 is 0 Å². The van der Waals surface area contributed by atoms with E-state index in [1.165, 1.54) is 12.1 Å². The molecule has 0 aliphatic carbocycles. The molecule has 0 radical (unpaired) electrons. The molecule has 1 atom stereocenters. The average molecular weight is 420 g/mol. The third-order valence-electron chi connectivity index (χ3n) is 5.39. The van der Waals surface area contributed by atoms with Gasteiger partial charge in [-0.1, -0.05) is 19.9 Å². The second-order valence-electron chi connectivity index (χ2n) is 8.15. The van der Waals surface area contributed by atoms with Crippen molar-refractivity contribution in [1.29, 1.82) is 0 Å². The Morgan fingerprint density at radius 2 is 2.06 bits per heavy atom. The van der Waals surface area contributed by atoms with Gasteiger partial charge in [-0.05, 0) is 43.2 Å². The van der Waals surface area contributed by atoms with Crippen LogP contribution in [0.25, 0.3) is 11.3 Å². The number of amides is 1. The molecule has 1 N–H and O–H groups in total. The number of nitrogens with zero attached hydrogens (tertiary/aromatic N) is 4. The molecule has 1 saturated heterocycles. The minimum absolute atomic E-state index is 0.0356. The highest BCUT2D eigenvalue weighted by molar-refractivity contribution is 5.78. The molecule has 0 unspecified atom stereocenters. The first-order valence-electron chi connectivity index (χ1n) is 10.6. The number of benzene rings is 1. The van der Waals surface area contributed by atoms with E-state index in [4.69, 9.17) is 9.97 Å². The molecular formula is C24H26FN5O. The lowest BCUT2D eigenvalue weighted by Gasteiger charge is -2.33. The summed E-state index contributed by atoms with van der Waals surface area (Å²) in [5.41, 5.74) is 2.23. The third kappa shape index (κ3) is 5.05. The largest absolute Gasteiger partial charge is 0.342 e. The van der Waals surface area contributed by atoms with E-state index in [2.05, 4.69) is 10.3 Å². The van der Waals surface area contributed by atoms with E-state index in [9.17, 15) is 9.18 Å². The summed E-state index contributed by atoms with van der Waals surface area (Å²) in [6.45, 7) is 5.22. The van der Waals surface area contributed by atoms with E-state index in [0.717, 1.165) is 30.6 Å². The highest BCUT2D eigenvalue weighted by Gasteiger charge is 2.28. The monoisotopic (exact) mass is 419 g/mol. The topological polar surface area (TPSA) is 71.0 Å². The zero-order valence-corrected chi connectivity index (χ0v) is 17.8. The molecule has 0 saturated carbocycles. The first kappa shape index (κ1) is 20.9. The maximum absolute atomic E-state index is 13.6. The predicted octanol–water partition coefficient (Wildman–Crippen LogP) is 4.78. The normalized spacial score (nSPS) is 16.4. The Labute approximate surface area is 181 Å². The maximum atomic E-state index is 13.6. The van der Waals surface area contributed by atoms with Crippen LogP contribution in [-0.4, -0.2) is 38.8 Å². The molecule has 3 heterocycles. The fourth-order valence-corrected chi connectivity index (χ4v) is 3.84. The number of carbonyl (C=O) groups excluding carboxylic acids is 1. The van der Waals surface area contributed by atoms with Crippen LogP contribution in [0.4, 0.5) is 15.9 Å². The molecule has 31 heavy (non-hydrogen) atoms. The van der Waals surface area contributed by atoms with Gasteiger partial charge >= 0.3 is 0 Å². The van der Waals surface area contributed by atoms with Crippen molar-refractivity contribution in [2.75, 3.05) is 18.4 Å². The lowest BCUT2D eigenvalue weighted by atomic mass is 9.96. The van der Waals surface area contributed by atoms with Gasteiger partial charge in [0, 0.05) is 54.6 Å². The highest BCUT2D eigenvalue weighted by Crippen LogP contribution is 2.29. The summed E-state index contributed by atoms with van der Waals surface area (Å²) in [6.07, 6.45) is 5.30. The van der Waals surface area contributed by atoms with Crippen molar-refractivity contribution in [3.05, 3.63) is 66.5 Å². The molecule has 1 aliphatic heterocycles. The lowest BCUT2D eigenvalue weighted by molar-refractivity contribution is -0.135. The van der Waals surface area contributed by atoms with E-state index in [0.29, 0.717) is 23.9 Å². The Morgan fingerprint density at radius 1 is 1.19 bits per heavy atom. The van der Waals surface area contributed by atoms with Crippen molar-refractivity contribution in [2.45, 2.75) is 32.6 Å². The minimum Gasteiger partial charge on any atom is -0.342 e. The smallest absolute Gasteiger partial charge is 0.225 e. The molecule has 2 aromatic heterocycles. The molecule has 6 nitrogen and oxygen atoms in total. The molecule has 1 aliphatic rings. The molecule has 1 aromatic carbocycles. The minimum atomic E-state index is -0.318. The number of aromatic nitrogens is 3. The second kappa shape index (κ2) is 9.20. The lowest BCUT2D eigenvalue weighted by Crippen LogP contribution is -2.41. The van der Waals surface area contributed by atoms with Gasteiger partial charge in [-0.3, -0.25) is 9.78 Å². The van der Waals surface area contributed by atoms with Crippen LogP contribution in [0, 0.1) is 11.7 Å². The number of rotatable bonds is 5. The number of pyridine rings is 1. The molecule has 4 rings (SSSR count). The Bertz CT molecular complexity index is 1060. The number of halogens is 1. The number of hydrogen-bond donors (Lipinski definition) is 1. The van der Waals surface area contributed by atoms with Gasteiger partial charge in [0.15, 0.2) is 0 Å². The summed E-state index contributed by atoms with van der Waals surface area (Å²) in [5, 5.41) is 3.19. The van der Waals surface area contributed by atoms with E-state index in [-0.39, 0.29) is 23.6 Å². The van der Waals surface area contributed by atoms with Crippen LogP contribution in [-0.2, 0) is 4.79 Å². The molecule has 1 fully saturated rings. The van der Waals surface area contributed by atoms with Crippen molar-refractivity contribution in [2.24, 2.45) is 5.92 Å². The first-order chi connectivity index (χ1) is 15.0. The predicted molar refractivity (Wildman–Crippen MR) is 118 cm³/mol. The fraction of sp³-hybridized carbons (Fsp3) is 0.333. The SMILES string of the molecule is CC(C)C(=O)N1CCC[C@@H](c2nc(Nc3cccc(F)c3)cc(-c3cccnc3)n2)C1. The van der Waals surface area contributed by atoms with E-state index < -0.39 is 0 Å². The summed E-state index contributed by atoms with van der Waals surface area (Å²) >= 11 is 0. The average Bonchev–Trinajstić information content (AvgIpc) is 2.79. The third-order valence-corrected chi connectivity index (χ3v) is 5.39. The van der Waals surface area contributed by atoms with Crippen molar-refractivity contribution in [3.8, 4) is 11.3 Å². The van der Waals surface area contributed by atoms with Gasteiger partial charge in [-0.2, -0.15) is 0 Å². The standard InChI is InChI=1S/C24H26FN5O/c1-16(2)24(31)30-11-5-7-18(15-30)23-28-21(17-6-4-10-26-14-17)13-22(29-23)27-20-9-3-8-19(25)12-20/h3-4,6,8-10,12-14,16,18H,5,7,11,15H2,1-2H3,(H,27,28,29)/t18-/m1/s1. The summed E-state index contributed by atoms with van der Waals surface area (Å²) in [7, 11) is 0. The summed E-state index contributed by atoms with van der Waals surface area (Å²) in [6, 6.07) is 11.9. The molecule has 3 aromatic rings. The van der Waals surface area contributed by atoms with Crippen molar-refractivity contribution < 1.29 is 9.18 Å². The number of likely N-dealkylation sites (tertiary alicyclic amines) is 1. The van der Waals surface area contributed by atoms with Gasteiger partial charge in [0.05, 0.1) is 5.69 Å². The number of anilines is 2. The highest BCUT2D eigenvalue weighted by atomic mass is 19.1. The van der Waals surface area contributed by atoms with Gasteiger partial charge in [-0.25, -0.2) is 14.4 Å². The molecule has 7 heteroatoms. The van der Waals surface area contributed by atoms with Crippen molar-refractivity contribution >= 4 is 17.4 Å². The molecule has 160 valence electrons. The Hall–Kier alpha value is -3.35. The van der Waals surface area contributed by atoms with Crippen LogP contribution in [0.1, 0.15) is 38.4 Å². The van der Waals surface area contributed by atoms with Crippen molar-refractivity contribution in [3.63, 3.8) is 0 Å². The number of carbonyl (C=O) groups is 1. The summed E-state index contributed by atoms with van der Waals surface area (Å²) in [4.78, 5) is 28.2. The van der Waals surface area contributed by atoms with Crippen LogP contribution in [0.15, 0.2) is 54.9 Å². The van der Waals surface area contributed by atoms with Gasteiger partial charge < -0.3 is 10.2 Å². The van der Waals surface area contributed by atoms with Crippen LogP contribution >= 0.6 is 0 Å². The first-order valence-corrected chi connectivity index (χ1v) is 10.6. The van der Waals surface area contributed by atoms with Gasteiger partial charge in [-0.15, -0.1) is 0 Å². The van der Waals surface area contributed by atoms with Gasteiger partial charge in [0.25, 0.3) is 0 Å². The van der Waals surface area contributed by atoms with Gasteiger partial charge in [0.2, 0.25) is 5.91 Å². The zero-order chi connectivity index (χ0) is 21.8. The number of nitrogens with one attached hydrogen (secondary N) is 1. The van der Waals surface area contributed by atoms with E-state index in [1.54, 1.807) is 24.5 Å². The van der Waals surface area contributed by atoms with Crippen LogP contribution < -0.4 is 5.32 Å². The summed E-state index contributed by atoms with van der Waals surface area (Å²) < 4.78 is 13.6. The summed E-state index contributed by atoms with van der Waals surface area (Å²) in [5.74, 6) is 1.11. The van der Waals surface area contributed by atoms with Crippen molar-refractivity contribution in [1.82, 2.24) is 19.9 Å². The Kier molecular flexibility index (Phi) is 6.21.